The van der Waals surface area contributed by atoms with Gasteiger partial charge >= 0.3 is 0 Å². The Bertz CT molecular complexity index is 596. The van der Waals surface area contributed by atoms with Crippen LogP contribution in [0, 0.1) is 11.3 Å². The quantitative estimate of drug-likeness (QED) is 0.835. The Hall–Kier alpha value is -1.42. The van der Waals surface area contributed by atoms with Crippen LogP contribution in [0.4, 0.5) is 0 Å². The van der Waals surface area contributed by atoms with Crippen LogP contribution in [0.5, 0.6) is 0 Å². The molecule has 1 rings (SSSR count). The van der Waals surface area contributed by atoms with Gasteiger partial charge in [0.15, 0.2) is 0 Å². The van der Waals surface area contributed by atoms with Crippen LogP contribution in [0.2, 0.25) is 0 Å². The smallest absolute Gasteiger partial charge is 0.241 e. The maximum absolute atomic E-state index is 12.3. The number of nitrogens with one attached hydrogen (secondary N) is 1. The van der Waals surface area contributed by atoms with E-state index in [0.717, 1.165) is 0 Å². The molecule has 0 atom stereocenters. The van der Waals surface area contributed by atoms with E-state index in [9.17, 15) is 8.42 Å². The molecule has 0 fully saturated rings. The molecule has 1 N–H and O–H groups in total. The summed E-state index contributed by atoms with van der Waals surface area (Å²) in [6.45, 7) is 9.28. The Morgan fingerprint density at radius 1 is 1.19 bits per heavy atom. The Balaban J connectivity index is 2.77. The van der Waals surface area contributed by atoms with E-state index in [1.807, 2.05) is 6.07 Å². The molecule has 0 spiro atoms. The van der Waals surface area contributed by atoms with Gasteiger partial charge in [-0.2, -0.15) is 5.26 Å². The average molecular weight is 309 g/mol. The van der Waals surface area contributed by atoms with E-state index in [2.05, 4.69) is 37.3 Å². The van der Waals surface area contributed by atoms with Crippen LogP contribution in [0.3, 0.4) is 0 Å². The first-order chi connectivity index (χ1) is 9.79. The number of hydrogen-bond acceptors (Lipinski definition) is 4. The second-order valence-electron chi connectivity index (χ2n) is 5.43. The van der Waals surface area contributed by atoms with E-state index in [-0.39, 0.29) is 10.5 Å². The highest BCUT2D eigenvalue weighted by atomic mass is 32.2. The molecule has 1 aromatic rings. The molecule has 6 heteroatoms. The molecular weight excluding hydrogens is 286 g/mol. The van der Waals surface area contributed by atoms with Gasteiger partial charge in [0.25, 0.3) is 0 Å². The standard InChI is InChI=1S/C15H23N3O2S/c1-12(2)18(13(3)4)10-9-17-21(19,20)15-8-6-5-7-14(15)11-16/h5-8,12-13,17H,9-10H2,1-4H3. The van der Waals surface area contributed by atoms with Gasteiger partial charge in [0.2, 0.25) is 10.0 Å². The lowest BCUT2D eigenvalue weighted by atomic mass is 10.2. The van der Waals surface area contributed by atoms with Crippen LogP contribution >= 0.6 is 0 Å². The van der Waals surface area contributed by atoms with Crippen molar-refractivity contribution in [1.29, 1.82) is 5.26 Å². The summed E-state index contributed by atoms with van der Waals surface area (Å²) in [6.07, 6.45) is 0. The summed E-state index contributed by atoms with van der Waals surface area (Å²) in [7, 11) is -3.65. The zero-order chi connectivity index (χ0) is 16.0. The highest BCUT2D eigenvalue weighted by Crippen LogP contribution is 2.14. The Morgan fingerprint density at radius 2 is 1.76 bits per heavy atom. The van der Waals surface area contributed by atoms with Crippen molar-refractivity contribution < 1.29 is 8.42 Å². The topological polar surface area (TPSA) is 73.2 Å². The maximum atomic E-state index is 12.3. The molecule has 0 unspecified atom stereocenters. The van der Waals surface area contributed by atoms with Gasteiger partial charge < -0.3 is 0 Å². The van der Waals surface area contributed by atoms with E-state index in [4.69, 9.17) is 5.26 Å². The minimum absolute atomic E-state index is 0.0353. The molecule has 5 nitrogen and oxygen atoms in total. The van der Waals surface area contributed by atoms with Crippen molar-refractivity contribution >= 4 is 10.0 Å². The van der Waals surface area contributed by atoms with Crippen LogP contribution in [0.25, 0.3) is 0 Å². The molecule has 0 saturated carbocycles. The number of nitrogens with zero attached hydrogens (tertiary/aromatic N) is 2. The predicted molar refractivity (Wildman–Crippen MR) is 83.3 cm³/mol. The second-order valence-corrected chi connectivity index (χ2v) is 7.17. The van der Waals surface area contributed by atoms with Crippen LogP contribution < -0.4 is 4.72 Å². The minimum Gasteiger partial charge on any atom is -0.297 e. The first-order valence-electron chi connectivity index (χ1n) is 7.04. The van der Waals surface area contributed by atoms with Crippen molar-refractivity contribution in [3.05, 3.63) is 29.8 Å². The van der Waals surface area contributed by atoms with Crippen molar-refractivity contribution in [2.75, 3.05) is 13.1 Å². The number of rotatable bonds is 7. The number of benzene rings is 1. The van der Waals surface area contributed by atoms with Gasteiger partial charge in [-0.1, -0.05) is 12.1 Å². The summed E-state index contributed by atoms with van der Waals surface area (Å²) >= 11 is 0. The van der Waals surface area contributed by atoms with Gasteiger partial charge in [-0.25, -0.2) is 13.1 Å². The molecular formula is C15H23N3O2S. The van der Waals surface area contributed by atoms with E-state index in [0.29, 0.717) is 25.2 Å². The van der Waals surface area contributed by atoms with Gasteiger partial charge in [-0.3, -0.25) is 4.90 Å². The van der Waals surface area contributed by atoms with E-state index in [1.54, 1.807) is 12.1 Å². The maximum Gasteiger partial charge on any atom is 0.241 e. The first kappa shape index (κ1) is 17.6. The fourth-order valence-corrected chi connectivity index (χ4v) is 3.47. The SMILES string of the molecule is CC(C)N(CCNS(=O)(=O)c1ccccc1C#N)C(C)C. The molecule has 116 valence electrons. The summed E-state index contributed by atoms with van der Waals surface area (Å²) in [5.41, 5.74) is 0.162. The predicted octanol–water partition coefficient (Wildman–Crippen LogP) is 1.96. The normalized spacial score (nSPS) is 12.1. The van der Waals surface area contributed by atoms with Gasteiger partial charge in [-0.15, -0.1) is 0 Å². The molecule has 0 aliphatic rings. The summed E-state index contributed by atoms with van der Waals surface area (Å²) in [5, 5.41) is 8.99. The second kappa shape index (κ2) is 7.55. The number of hydrogen-bond donors (Lipinski definition) is 1. The van der Waals surface area contributed by atoms with Crippen molar-refractivity contribution in [2.45, 2.75) is 44.7 Å². The van der Waals surface area contributed by atoms with Crippen LogP contribution in [0.15, 0.2) is 29.2 Å². The van der Waals surface area contributed by atoms with Crippen molar-refractivity contribution in [3.8, 4) is 6.07 Å². The Kier molecular flexibility index (Phi) is 6.34. The van der Waals surface area contributed by atoms with Gasteiger partial charge in [0.1, 0.15) is 6.07 Å². The summed E-state index contributed by atoms with van der Waals surface area (Å²) in [6, 6.07) is 8.82. The molecule has 0 radical (unpaired) electrons. The van der Waals surface area contributed by atoms with E-state index >= 15 is 0 Å². The Morgan fingerprint density at radius 3 is 2.29 bits per heavy atom. The molecule has 1 aromatic carbocycles. The van der Waals surface area contributed by atoms with Gasteiger partial charge in [0, 0.05) is 25.2 Å². The third-order valence-corrected chi connectivity index (χ3v) is 4.80. The summed E-state index contributed by atoms with van der Waals surface area (Å²) < 4.78 is 27.1. The first-order valence-corrected chi connectivity index (χ1v) is 8.52. The molecule has 21 heavy (non-hydrogen) atoms. The van der Waals surface area contributed by atoms with Gasteiger partial charge in [0.05, 0.1) is 10.5 Å². The third-order valence-electron chi connectivity index (χ3n) is 3.29. The third kappa shape index (κ3) is 4.81. The number of sulfonamides is 1. The monoisotopic (exact) mass is 309 g/mol. The van der Waals surface area contributed by atoms with Crippen LogP contribution in [-0.2, 0) is 10.0 Å². The lowest BCUT2D eigenvalue weighted by molar-refractivity contribution is 0.179. The summed E-state index contributed by atoms with van der Waals surface area (Å²) in [4.78, 5) is 2.24. The van der Waals surface area contributed by atoms with E-state index in [1.165, 1.54) is 12.1 Å². The fraction of sp³-hybridized carbons (Fsp3) is 0.533. The molecule has 0 aromatic heterocycles. The molecule has 0 bridgehead atoms. The van der Waals surface area contributed by atoms with Crippen LogP contribution in [0.1, 0.15) is 33.3 Å². The zero-order valence-corrected chi connectivity index (χ0v) is 13.8. The number of nitriles is 1. The lowest BCUT2D eigenvalue weighted by Crippen LogP contribution is -2.42. The van der Waals surface area contributed by atoms with Crippen LogP contribution in [-0.4, -0.2) is 38.5 Å². The van der Waals surface area contributed by atoms with Crippen molar-refractivity contribution in [1.82, 2.24) is 9.62 Å². The highest BCUT2D eigenvalue weighted by molar-refractivity contribution is 7.89. The zero-order valence-electron chi connectivity index (χ0n) is 13.0. The van der Waals surface area contributed by atoms with Crippen molar-refractivity contribution in [2.24, 2.45) is 0 Å². The molecule has 0 amide bonds. The van der Waals surface area contributed by atoms with E-state index < -0.39 is 10.0 Å². The largest absolute Gasteiger partial charge is 0.297 e. The summed E-state index contributed by atoms with van der Waals surface area (Å²) in [5.74, 6) is 0. The molecule has 0 aliphatic carbocycles. The van der Waals surface area contributed by atoms with Gasteiger partial charge in [-0.05, 0) is 39.8 Å². The highest BCUT2D eigenvalue weighted by Gasteiger charge is 2.19. The molecule has 0 saturated heterocycles. The lowest BCUT2D eigenvalue weighted by Gasteiger charge is -2.30. The molecule has 0 aliphatic heterocycles. The fourth-order valence-electron chi connectivity index (χ4n) is 2.29. The van der Waals surface area contributed by atoms with Crippen molar-refractivity contribution in [3.63, 3.8) is 0 Å². The Labute approximate surface area is 127 Å². The molecule has 0 heterocycles. The minimum atomic E-state index is -3.65. The average Bonchev–Trinajstić information content (AvgIpc) is 2.42.